The number of carbonyl (C=O) groups excluding carboxylic acids is 1. The van der Waals surface area contributed by atoms with Gasteiger partial charge in [0.25, 0.3) is 0 Å². The summed E-state index contributed by atoms with van der Waals surface area (Å²) in [5.74, 6) is -0.510. The number of carbonyl (C=O) groups is 1. The number of anilines is 2. The Hall–Kier alpha value is -1.62. The lowest BCUT2D eigenvalue weighted by Crippen LogP contribution is -2.43. The fourth-order valence-electron chi connectivity index (χ4n) is 2.29. The SMILES string of the molecule is CCN(C1CC1)C(C)C(=O)Nc1ccc(F)cc1N. The summed E-state index contributed by atoms with van der Waals surface area (Å²) in [6.07, 6.45) is 2.31. The lowest BCUT2D eigenvalue weighted by Gasteiger charge is -2.26. The number of halogens is 1. The van der Waals surface area contributed by atoms with Gasteiger partial charge in [-0.15, -0.1) is 0 Å². The van der Waals surface area contributed by atoms with Gasteiger partial charge >= 0.3 is 0 Å². The molecular formula is C14H20FN3O. The Morgan fingerprint density at radius 1 is 1.58 bits per heavy atom. The summed E-state index contributed by atoms with van der Waals surface area (Å²) in [5, 5.41) is 2.76. The molecule has 1 fully saturated rings. The molecule has 5 heteroatoms. The van der Waals surface area contributed by atoms with Crippen LogP contribution in [-0.2, 0) is 4.79 Å². The highest BCUT2D eigenvalue weighted by Gasteiger charge is 2.33. The van der Waals surface area contributed by atoms with E-state index >= 15 is 0 Å². The van der Waals surface area contributed by atoms with Crippen molar-refractivity contribution in [2.75, 3.05) is 17.6 Å². The van der Waals surface area contributed by atoms with Crippen LogP contribution in [0.3, 0.4) is 0 Å². The average molecular weight is 265 g/mol. The van der Waals surface area contributed by atoms with Gasteiger partial charge in [0.05, 0.1) is 17.4 Å². The third kappa shape index (κ3) is 3.23. The van der Waals surface area contributed by atoms with E-state index in [1.807, 2.05) is 13.8 Å². The van der Waals surface area contributed by atoms with Crippen LogP contribution in [0.4, 0.5) is 15.8 Å². The zero-order valence-corrected chi connectivity index (χ0v) is 11.3. The zero-order chi connectivity index (χ0) is 14.0. The third-order valence-electron chi connectivity index (χ3n) is 3.53. The molecule has 0 saturated heterocycles. The first-order chi connectivity index (χ1) is 9.02. The molecule has 2 rings (SSSR count). The number of likely N-dealkylation sites (N-methyl/N-ethyl adjacent to an activating group) is 1. The largest absolute Gasteiger partial charge is 0.397 e. The van der Waals surface area contributed by atoms with Gasteiger partial charge in [0.1, 0.15) is 5.82 Å². The second kappa shape index (κ2) is 5.57. The van der Waals surface area contributed by atoms with E-state index in [9.17, 15) is 9.18 Å². The highest BCUT2D eigenvalue weighted by molar-refractivity contribution is 5.97. The van der Waals surface area contributed by atoms with E-state index in [2.05, 4.69) is 10.2 Å². The van der Waals surface area contributed by atoms with E-state index in [0.717, 1.165) is 19.4 Å². The molecule has 1 aromatic carbocycles. The van der Waals surface area contributed by atoms with Gasteiger partial charge in [0, 0.05) is 6.04 Å². The van der Waals surface area contributed by atoms with Crippen LogP contribution in [-0.4, -0.2) is 29.4 Å². The number of nitrogen functional groups attached to an aromatic ring is 1. The minimum atomic E-state index is -0.406. The minimum Gasteiger partial charge on any atom is -0.397 e. The maximum absolute atomic E-state index is 12.9. The van der Waals surface area contributed by atoms with Gasteiger partial charge in [-0.2, -0.15) is 0 Å². The molecule has 1 atom stereocenters. The smallest absolute Gasteiger partial charge is 0.241 e. The van der Waals surface area contributed by atoms with Crippen LogP contribution in [0.2, 0.25) is 0 Å². The van der Waals surface area contributed by atoms with Gasteiger partial charge in [-0.25, -0.2) is 4.39 Å². The zero-order valence-electron chi connectivity index (χ0n) is 11.3. The fraction of sp³-hybridized carbons (Fsp3) is 0.500. The molecule has 4 nitrogen and oxygen atoms in total. The Bertz CT molecular complexity index is 474. The maximum atomic E-state index is 12.9. The van der Waals surface area contributed by atoms with Gasteiger partial charge in [-0.3, -0.25) is 9.69 Å². The molecule has 0 heterocycles. The summed E-state index contributed by atoms with van der Waals surface area (Å²) >= 11 is 0. The molecule has 0 bridgehead atoms. The summed E-state index contributed by atoms with van der Waals surface area (Å²) in [5.41, 5.74) is 6.39. The van der Waals surface area contributed by atoms with E-state index in [4.69, 9.17) is 5.73 Å². The third-order valence-corrected chi connectivity index (χ3v) is 3.53. The van der Waals surface area contributed by atoms with Gasteiger partial charge in [0.15, 0.2) is 0 Å². The molecule has 19 heavy (non-hydrogen) atoms. The van der Waals surface area contributed by atoms with E-state index in [0.29, 0.717) is 11.7 Å². The Kier molecular flexibility index (Phi) is 4.04. The molecule has 3 N–H and O–H groups in total. The van der Waals surface area contributed by atoms with E-state index in [1.165, 1.54) is 18.2 Å². The molecule has 1 aromatic rings. The molecule has 0 radical (unpaired) electrons. The molecule has 1 unspecified atom stereocenters. The van der Waals surface area contributed by atoms with Crippen molar-refractivity contribution in [2.45, 2.75) is 38.8 Å². The van der Waals surface area contributed by atoms with Crippen molar-refractivity contribution in [1.29, 1.82) is 0 Å². The number of nitrogens with two attached hydrogens (primary N) is 1. The fourth-order valence-corrected chi connectivity index (χ4v) is 2.29. The van der Waals surface area contributed by atoms with Crippen molar-refractivity contribution < 1.29 is 9.18 Å². The first kappa shape index (κ1) is 13.8. The molecule has 1 amide bonds. The molecular weight excluding hydrogens is 245 g/mol. The van der Waals surface area contributed by atoms with Crippen LogP contribution in [0.5, 0.6) is 0 Å². The lowest BCUT2D eigenvalue weighted by molar-refractivity contribution is -0.120. The van der Waals surface area contributed by atoms with Crippen LogP contribution in [0, 0.1) is 5.82 Å². The monoisotopic (exact) mass is 265 g/mol. The highest BCUT2D eigenvalue weighted by Crippen LogP contribution is 2.29. The van der Waals surface area contributed by atoms with Crippen LogP contribution in [0.25, 0.3) is 0 Å². The van der Waals surface area contributed by atoms with Crippen LogP contribution >= 0.6 is 0 Å². The summed E-state index contributed by atoms with van der Waals surface area (Å²) in [7, 11) is 0. The predicted octanol–water partition coefficient (Wildman–Crippen LogP) is 2.22. The van der Waals surface area contributed by atoms with Crippen molar-refractivity contribution in [3.05, 3.63) is 24.0 Å². The van der Waals surface area contributed by atoms with Gasteiger partial charge < -0.3 is 11.1 Å². The van der Waals surface area contributed by atoms with Crippen LogP contribution in [0.15, 0.2) is 18.2 Å². The van der Waals surface area contributed by atoms with Gasteiger partial charge in [-0.1, -0.05) is 6.92 Å². The summed E-state index contributed by atoms with van der Waals surface area (Å²) < 4.78 is 12.9. The molecule has 1 aliphatic carbocycles. The normalized spacial score (nSPS) is 16.4. The molecule has 104 valence electrons. The van der Waals surface area contributed by atoms with Crippen molar-refractivity contribution in [3.63, 3.8) is 0 Å². The number of amides is 1. The van der Waals surface area contributed by atoms with Crippen molar-refractivity contribution in [1.82, 2.24) is 4.90 Å². The number of hydrogen-bond acceptors (Lipinski definition) is 3. The maximum Gasteiger partial charge on any atom is 0.241 e. The summed E-state index contributed by atoms with van der Waals surface area (Å²) in [6.45, 7) is 4.78. The molecule has 0 spiro atoms. The van der Waals surface area contributed by atoms with Gasteiger partial charge in [0.2, 0.25) is 5.91 Å². The first-order valence-corrected chi connectivity index (χ1v) is 6.64. The Morgan fingerprint density at radius 3 is 2.79 bits per heavy atom. The van der Waals surface area contributed by atoms with Crippen molar-refractivity contribution in [3.8, 4) is 0 Å². The quantitative estimate of drug-likeness (QED) is 0.803. The van der Waals surface area contributed by atoms with E-state index in [-0.39, 0.29) is 17.6 Å². The first-order valence-electron chi connectivity index (χ1n) is 6.64. The second-order valence-electron chi connectivity index (χ2n) is 4.96. The number of nitrogens with one attached hydrogen (secondary N) is 1. The summed E-state index contributed by atoms with van der Waals surface area (Å²) in [4.78, 5) is 14.4. The number of nitrogens with zero attached hydrogens (tertiary/aromatic N) is 1. The van der Waals surface area contributed by atoms with Crippen LogP contribution < -0.4 is 11.1 Å². The molecule has 0 aliphatic heterocycles. The Morgan fingerprint density at radius 2 is 2.26 bits per heavy atom. The lowest BCUT2D eigenvalue weighted by atomic mass is 10.2. The van der Waals surface area contributed by atoms with Crippen LogP contribution in [0.1, 0.15) is 26.7 Å². The number of hydrogen-bond donors (Lipinski definition) is 2. The molecule has 1 aliphatic rings. The number of benzene rings is 1. The topological polar surface area (TPSA) is 58.4 Å². The molecule has 1 saturated carbocycles. The predicted molar refractivity (Wildman–Crippen MR) is 74.3 cm³/mol. The molecule has 0 aromatic heterocycles. The average Bonchev–Trinajstić information content (AvgIpc) is 3.18. The Labute approximate surface area is 112 Å². The van der Waals surface area contributed by atoms with E-state index < -0.39 is 5.82 Å². The van der Waals surface area contributed by atoms with Gasteiger partial charge in [-0.05, 0) is 44.5 Å². The van der Waals surface area contributed by atoms with E-state index in [1.54, 1.807) is 0 Å². The van der Waals surface area contributed by atoms with Crippen molar-refractivity contribution >= 4 is 17.3 Å². The highest BCUT2D eigenvalue weighted by atomic mass is 19.1. The summed E-state index contributed by atoms with van der Waals surface area (Å²) in [6, 6.07) is 4.30. The standard InChI is InChI=1S/C14H20FN3O/c1-3-18(11-5-6-11)9(2)14(19)17-13-7-4-10(15)8-12(13)16/h4,7-9,11H,3,5-6,16H2,1-2H3,(H,17,19). The van der Waals surface area contributed by atoms with Crippen molar-refractivity contribution in [2.24, 2.45) is 0 Å². The minimum absolute atomic E-state index is 0.105. The Balaban J connectivity index is 2.03. The number of rotatable bonds is 5. The second-order valence-corrected chi connectivity index (χ2v) is 4.96.